The average molecular weight is 758 g/mol. The van der Waals surface area contributed by atoms with E-state index in [0.29, 0.717) is 5.92 Å². The second-order valence-corrected chi connectivity index (χ2v) is 14.9. The second-order valence-electron chi connectivity index (χ2n) is 14.9. The predicted octanol–water partition coefficient (Wildman–Crippen LogP) is 15.7. The Bertz CT molecular complexity index is 1130. The van der Waals surface area contributed by atoms with E-state index in [1.807, 2.05) is 6.92 Å². The SMILES string of the molecule is C=C(CC)CC/C(C)=C/Cc1c(CCC)c(C=O)c(CCC)c2c1C2.C=CC.C=CC(C)CCCCCCCC(C)CC(CC)CCC.CCl.O=CO. The second kappa shape index (κ2) is 37.9. The lowest BCUT2D eigenvalue weighted by Crippen LogP contribution is -2.05. The van der Waals surface area contributed by atoms with Gasteiger partial charge in [0.15, 0.2) is 6.29 Å². The number of benzene rings is 1. The lowest BCUT2D eigenvalue weighted by Gasteiger charge is -2.19. The van der Waals surface area contributed by atoms with Crippen molar-refractivity contribution in [3.05, 3.63) is 82.5 Å². The van der Waals surface area contributed by atoms with E-state index >= 15 is 0 Å². The third-order valence-corrected chi connectivity index (χ3v) is 10.3. The van der Waals surface area contributed by atoms with Gasteiger partial charge in [0, 0.05) is 11.9 Å². The molecule has 1 aliphatic rings. The Morgan fingerprint density at radius 3 is 1.83 bits per heavy atom. The molecule has 1 aromatic rings. The molecule has 0 aromatic heterocycles. The first kappa shape index (κ1) is 55.0. The van der Waals surface area contributed by atoms with Crippen LogP contribution >= 0.6 is 11.6 Å². The van der Waals surface area contributed by atoms with Gasteiger partial charge in [-0.25, -0.2) is 0 Å². The summed E-state index contributed by atoms with van der Waals surface area (Å²) in [6.07, 6.45) is 34.0. The fourth-order valence-corrected chi connectivity index (χ4v) is 6.98. The van der Waals surface area contributed by atoms with E-state index in [2.05, 4.69) is 98.9 Å². The molecule has 1 aromatic carbocycles. The number of alkyl halides is 1. The summed E-state index contributed by atoms with van der Waals surface area (Å²) in [5, 5.41) is 6.89. The van der Waals surface area contributed by atoms with Crippen LogP contribution in [0.3, 0.4) is 0 Å². The summed E-state index contributed by atoms with van der Waals surface area (Å²) in [6, 6.07) is 0. The lowest BCUT2D eigenvalue weighted by molar-refractivity contribution is -0.122. The van der Waals surface area contributed by atoms with Crippen molar-refractivity contribution in [2.75, 3.05) is 6.38 Å². The summed E-state index contributed by atoms with van der Waals surface area (Å²) in [7, 11) is 0. The number of unbranched alkanes of at least 4 members (excludes halogenated alkanes) is 4. The van der Waals surface area contributed by atoms with Gasteiger partial charge in [-0.3, -0.25) is 9.59 Å². The monoisotopic (exact) mass is 757 g/mol. The van der Waals surface area contributed by atoms with Crippen molar-refractivity contribution < 1.29 is 14.7 Å². The van der Waals surface area contributed by atoms with Crippen molar-refractivity contribution in [1.29, 1.82) is 0 Å². The van der Waals surface area contributed by atoms with Gasteiger partial charge >= 0.3 is 0 Å². The predicted molar refractivity (Wildman–Crippen MR) is 239 cm³/mol. The normalized spacial score (nSPS) is 12.6. The number of allylic oxidation sites excluding steroid dienone is 5. The highest BCUT2D eigenvalue weighted by Crippen LogP contribution is 2.41. The van der Waals surface area contributed by atoms with E-state index in [4.69, 9.17) is 9.90 Å². The molecule has 1 N–H and O–H groups in total. The van der Waals surface area contributed by atoms with Gasteiger partial charge in [-0.05, 0) is 117 Å². The molecule has 0 saturated carbocycles. The molecule has 3 atom stereocenters. The number of rotatable bonds is 25. The number of aldehydes is 1. The van der Waals surface area contributed by atoms with Crippen molar-refractivity contribution in [3.8, 4) is 0 Å². The summed E-state index contributed by atoms with van der Waals surface area (Å²) in [5.74, 6) is 2.63. The minimum absolute atomic E-state index is 0.250. The minimum atomic E-state index is -0.250. The van der Waals surface area contributed by atoms with Crippen molar-refractivity contribution in [2.24, 2.45) is 17.8 Å². The summed E-state index contributed by atoms with van der Waals surface area (Å²) in [5.41, 5.74) is 10.9. The first-order valence-corrected chi connectivity index (χ1v) is 21.9. The number of carboxylic acid groups (broad SMARTS) is 1. The number of halogens is 1. The zero-order valence-electron chi connectivity index (χ0n) is 36.5. The maximum Gasteiger partial charge on any atom is 0.290 e. The molecule has 53 heavy (non-hydrogen) atoms. The number of fused-ring (bicyclic) bond motifs is 1. The van der Waals surface area contributed by atoms with E-state index in [9.17, 15) is 4.79 Å². The lowest BCUT2D eigenvalue weighted by atomic mass is 9.87. The molecule has 2 rings (SSSR count). The van der Waals surface area contributed by atoms with Crippen LogP contribution in [0.2, 0.25) is 0 Å². The topological polar surface area (TPSA) is 54.4 Å². The van der Waals surface area contributed by atoms with Crippen LogP contribution in [-0.4, -0.2) is 24.2 Å². The Balaban J connectivity index is -0.000000802. The molecule has 3 nitrogen and oxygen atoms in total. The van der Waals surface area contributed by atoms with Gasteiger partial charge in [0.2, 0.25) is 0 Å². The zero-order chi connectivity index (χ0) is 41.0. The molecule has 0 bridgehead atoms. The molecule has 0 heterocycles. The summed E-state index contributed by atoms with van der Waals surface area (Å²) in [4.78, 5) is 20.2. The van der Waals surface area contributed by atoms with Gasteiger partial charge in [-0.1, -0.05) is 155 Å². The quantitative estimate of drug-likeness (QED) is 0.0475. The standard InChI is InChI=1S/C24H34O.C20H40.C3H6.CH3Cl.CH2O2/c1-6-9-19-21(14-13-18(5)12-11-17(4)8-3)23-15-22(23)20(10-7-2)24(19)16-25;1-6-14-20(8-3)17-19(5)16-13-11-9-10-12-15-18(4)7-2;1-3-2;1-2;2-1-3/h13,16H,4,6-12,14-15H2,1-3,5H3;7,18-20H,2,6,8-17H2,1,3-5H3;3H,1H2,2H3;1H3;1H,(H,2,3)/b18-13+;;;;. The molecule has 0 saturated heterocycles. The Kier molecular flexibility index (Phi) is 39.3. The highest BCUT2D eigenvalue weighted by Gasteiger charge is 2.30. The molecule has 0 spiro atoms. The molecular weight excluding hydrogens is 672 g/mol. The molecule has 0 radical (unpaired) electrons. The van der Waals surface area contributed by atoms with E-state index in [0.717, 1.165) is 81.5 Å². The Labute approximate surface area is 335 Å². The number of carbonyl (C=O) groups is 2. The van der Waals surface area contributed by atoms with Gasteiger partial charge in [0.05, 0.1) is 0 Å². The fraction of sp³-hybridized carbons (Fsp3) is 0.673. The third kappa shape index (κ3) is 26.9. The van der Waals surface area contributed by atoms with Crippen LogP contribution in [0.1, 0.15) is 203 Å². The van der Waals surface area contributed by atoms with Crippen molar-refractivity contribution in [1.82, 2.24) is 0 Å². The molecule has 306 valence electrons. The molecule has 0 amide bonds. The maximum absolute atomic E-state index is 11.8. The summed E-state index contributed by atoms with van der Waals surface area (Å²) >= 11 is 4.64. The molecule has 4 heteroatoms. The van der Waals surface area contributed by atoms with Crippen molar-refractivity contribution in [2.45, 2.75) is 191 Å². The summed E-state index contributed by atoms with van der Waals surface area (Å²) < 4.78 is 0. The highest BCUT2D eigenvalue weighted by atomic mass is 35.5. The third-order valence-electron chi connectivity index (χ3n) is 10.3. The first-order chi connectivity index (χ1) is 25.5. The molecule has 0 fully saturated rings. The molecular formula is C49H85ClO3. The van der Waals surface area contributed by atoms with Gasteiger partial charge in [0.1, 0.15) is 0 Å². The average Bonchev–Trinajstić information content (AvgIpc) is 3.96. The highest BCUT2D eigenvalue weighted by molar-refractivity contribution is 6.15. The first-order valence-electron chi connectivity index (χ1n) is 21.1. The minimum Gasteiger partial charge on any atom is -0.483 e. The number of carbonyl (C=O) groups excluding carboxylic acids is 1. The van der Waals surface area contributed by atoms with Crippen LogP contribution in [0.4, 0.5) is 0 Å². The fourth-order valence-electron chi connectivity index (χ4n) is 6.98. The number of hydrogen-bond acceptors (Lipinski definition) is 2. The molecule has 0 aliphatic heterocycles. The van der Waals surface area contributed by atoms with Crippen molar-refractivity contribution >= 4 is 24.4 Å². The molecule has 3 unspecified atom stereocenters. The summed E-state index contributed by atoms with van der Waals surface area (Å²) in [6.45, 7) is 31.2. The van der Waals surface area contributed by atoms with Crippen LogP contribution in [-0.2, 0) is 30.5 Å². The van der Waals surface area contributed by atoms with Crippen LogP contribution in [0, 0.1) is 17.8 Å². The molecule has 1 aliphatic carbocycles. The van der Waals surface area contributed by atoms with E-state index < -0.39 is 0 Å². The van der Waals surface area contributed by atoms with Crippen LogP contribution in [0.15, 0.2) is 49.1 Å². The van der Waals surface area contributed by atoms with Crippen LogP contribution in [0.25, 0.3) is 0 Å². The Morgan fingerprint density at radius 2 is 1.34 bits per heavy atom. The van der Waals surface area contributed by atoms with Crippen LogP contribution < -0.4 is 0 Å². The van der Waals surface area contributed by atoms with E-state index in [-0.39, 0.29) is 6.47 Å². The van der Waals surface area contributed by atoms with E-state index in [1.54, 1.807) is 11.6 Å². The Morgan fingerprint density at radius 1 is 0.811 bits per heavy atom. The largest absolute Gasteiger partial charge is 0.483 e. The van der Waals surface area contributed by atoms with E-state index in [1.165, 1.54) is 110 Å². The van der Waals surface area contributed by atoms with Gasteiger partial charge in [-0.2, -0.15) is 0 Å². The van der Waals surface area contributed by atoms with Crippen molar-refractivity contribution in [3.63, 3.8) is 0 Å². The van der Waals surface area contributed by atoms with Crippen LogP contribution in [0.5, 0.6) is 0 Å². The van der Waals surface area contributed by atoms with Gasteiger partial charge in [-0.15, -0.1) is 24.8 Å². The number of hydrogen-bond donors (Lipinski definition) is 1. The Hall–Kier alpha value is -2.39. The smallest absolute Gasteiger partial charge is 0.290 e. The van der Waals surface area contributed by atoms with Gasteiger partial charge < -0.3 is 5.11 Å². The maximum atomic E-state index is 11.8. The van der Waals surface area contributed by atoms with Gasteiger partial charge in [0.25, 0.3) is 6.47 Å². The zero-order valence-corrected chi connectivity index (χ0v) is 37.3.